The average molecular weight is 248 g/mol. The summed E-state index contributed by atoms with van der Waals surface area (Å²) in [7, 11) is 1.59. The summed E-state index contributed by atoms with van der Waals surface area (Å²) in [5.74, 6) is 0.479. The molecule has 2 amide bonds. The molecule has 5 nitrogen and oxygen atoms in total. The predicted molar refractivity (Wildman–Crippen MR) is 65.9 cm³/mol. The van der Waals surface area contributed by atoms with E-state index >= 15 is 0 Å². The van der Waals surface area contributed by atoms with E-state index in [1.54, 1.807) is 7.11 Å². The smallest absolute Gasteiger partial charge is 0.229 e. The first-order valence-electron chi connectivity index (χ1n) is 5.84. The summed E-state index contributed by atoms with van der Waals surface area (Å²) in [4.78, 5) is 24.2. The molecule has 1 fully saturated rings. The number of rotatable bonds is 4. The van der Waals surface area contributed by atoms with Crippen LogP contribution in [-0.4, -0.2) is 30.4 Å². The van der Waals surface area contributed by atoms with Crippen LogP contribution >= 0.6 is 0 Å². The molecular weight excluding hydrogens is 232 g/mol. The van der Waals surface area contributed by atoms with Gasteiger partial charge in [0.05, 0.1) is 7.11 Å². The zero-order valence-electron chi connectivity index (χ0n) is 10.3. The molecule has 0 saturated carbocycles. The van der Waals surface area contributed by atoms with Crippen LogP contribution in [0.5, 0.6) is 5.75 Å². The van der Waals surface area contributed by atoms with Crippen LogP contribution in [0.3, 0.4) is 0 Å². The standard InChI is InChI=1S/C13H16N2O3/c1-18-10-4-2-9(3-5-10)11(14)8-15-12(16)6-7-13(15)17/h2-5,11H,6-8,14H2,1H3. The van der Waals surface area contributed by atoms with Crippen LogP contribution in [0.25, 0.3) is 0 Å². The molecule has 1 heterocycles. The Kier molecular flexibility index (Phi) is 3.62. The van der Waals surface area contributed by atoms with E-state index in [-0.39, 0.29) is 24.4 Å². The fourth-order valence-corrected chi connectivity index (χ4v) is 1.98. The van der Waals surface area contributed by atoms with Crippen molar-refractivity contribution in [3.8, 4) is 5.75 Å². The maximum atomic E-state index is 11.5. The van der Waals surface area contributed by atoms with Crippen molar-refractivity contribution in [1.82, 2.24) is 4.90 Å². The third-order valence-corrected chi connectivity index (χ3v) is 3.08. The summed E-state index contributed by atoms with van der Waals surface area (Å²) in [5.41, 5.74) is 6.88. The summed E-state index contributed by atoms with van der Waals surface area (Å²) < 4.78 is 5.06. The van der Waals surface area contributed by atoms with Crippen LogP contribution in [0, 0.1) is 0 Å². The van der Waals surface area contributed by atoms with Crippen molar-refractivity contribution < 1.29 is 14.3 Å². The number of amides is 2. The SMILES string of the molecule is COc1ccc(C(N)CN2C(=O)CCC2=O)cc1. The first-order valence-corrected chi connectivity index (χ1v) is 5.84. The number of nitrogens with two attached hydrogens (primary N) is 1. The summed E-state index contributed by atoms with van der Waals surface area (Å²) in [6.07, 6.45) is 0.600. The van der Waals surface area contributed by atoms with Crippen LogP contribution < -0.4 is 10.5 Å². The van der Waals surface area contributed by atoms with E-state index in [9.17, 15) is 9.59 Å². The molecule has 18 heavy (non-hydrogen) atoms. The van der Waals surface area contributed by atoms with Gasteiger partial charge in [-0.1, -0.05) is 12.1 Å². The minimum Gasteiger partial charge on any atom is -0.497 e. The lowest BCUT2D eigenvalue weighted by atomic mass is 10.1. The van der Waals surface area contributed by atoms with Gasteiger partial charge in [-0.2, -0.15) is 0 Å². The lowest BCUT2D eigenvalue weighted by molar-refractivity contribution is -0.138. The van der Waals surface area contributed by atoms with Crippen LogP contribution in [0.4, 0.5) is 0 Å². The molecule has 1 aliphatic rings. The summed E-state index contributed by atoms with van der Waals surface area (Å²) in [6.45, 7) is 0.240. The minimum absolute atomic E-state index is 0.135. The zero-order chi connectivity index (χ0) is 13.1. The van der Waals surface area contributed by atoms with E-state index in [4.69, 9.17) is 10.5 Å². The van der Waals surface area contributed by atoms with Crippen molar-refractivity contribution in [2.75, 3.05) is 13.7 Å². The van der Waals surface area contributed by atoms with Gasteiger partial charge in [-0.15, -0.1) is 0 Å². The van der Waals surface area contributed by atoms with E-state index in [2.05, 4.69) is 0 Å². The Morgan fingerprint density at radius 3 is 2.28 bits per heavy atom. The Labute approximate surface area is 106 Å². The molecule has 96 valence electrons. The first kappa shape index (κ1) is 12.6. The molecule has 1 atom stereocenters. The van der Waals surface area contributed by atoms with Gasteiger partial charge in [-0.3, -0.25) is 14.5 Å². The van der Waals surface area contributed by atoms with Gasteiger partial charge < -0.3 is 10.5 Å². The average Bonchev–Trinajstić information content (AvgIpc) is 2.70. The first-order chi connectivity index (χ1) is 8.61. The van der Waals surface area contributed by atoms with Gasteiger partial charge in [0, 0.05) is 25.4 Å². The molecule has 0 radical (unpaired) electrons. The second-order valence-electron chi connectivity index (χ2n) is 4.28. The minimum atomic E-state index is -0.359. The van der Waals surface area contributed by atoms with Crippen LogP contribution in [0.15, 0.2) is 24.3 Å². The topological polar surface area (TPSA) is 72.6 Å². The van der Waals surface area contributed by atoms with Gasteiger partial charge in [0.25, 0.3) is 0 Å². The van der Waals surface area contributed by atoms with E-state index < -0.39 is 0 Å². The van der Waals surface area contributed by atoms with Gasteiger partial charge >= 0.3 is 0 Å². The lowest BCUT2D eigenvalue weighted by Gasteiger charge is -2.19. The number of methoxy groups -OCH3 is 1. The fourth-order valence-electron chi connectivity index (χ4n) is 1.98. The normalized spacial score (nSPS) is 17.1. The molecule has 0 spiro atoms. The summed E-state index contributed by atoms with van der Waals surface area (Å²) in [6, 6.07) is 6.94. The van der Waals surface area contributed by atoms with Crippen LogP contribution in [0.2, 0.25) is 0 Å². The van der Waals surface area contributed by atoms with E-state index in [0.717, 1.165) is 11.3 Å². The third-order valence-electron chi connectivity index (χ3n) is 3.08. The number of likely N-dealkylation sites (tertiary alicyclic amines) is 1. The van der Waals surface area contributed by atoms with E-state index in [1.165, 1.54) is 4.90 Å². The largest absolute Gasteiger partial charge is 0.497 e. The molecule has 2 N–H and O–H groups in total. The van der Waals surface area contributed by atoms with Gasteiger partial charge in [-0.05, 0) is 17.7 Å². The molecule has 0 aromatic heterocycles. The fraction of sp³-hybridized carbons (Fsp3) is 0.385. The Morgan fingerprint density at radius 2 is 1.78 bits per heavy atom. The predicted octanol–water partition coefficient (Wildman–Crippen LogP) is 0.844. The molecule has 1 unspecified atom stereocenters. The highest BCUT2D eigenvalue weighted by molar-refractivity contribution is 6.01. The number of carbonyl (C=O) groups excluding carboxylic acids is 2. The second kappa shape index (κ2) is 5.18. The second-order valence-corrected chi connectivity index (χ2v) is 4.28. The highest BCUT2D eigenvalue weighted by Gasteiger charge is 2.30. The van der Waals surface area contributed by atoms with Crippen molar-refractivity contribution in [2.45, 2.75) is 18.9 Å². The molecular formula is C13H16N2O3. The van der Waals surface area contributed by atoms with Crippen molar-refractivity contribution in [3.63, 3.8) is 0 Å². The van der Waals surface area contributed by atoms with Crippen LogP contribution in [0.1, 0.15) is 24.4 Å². The van der Waals surface area contributed by atoms with Crippen molar-refractivity contribution in [1.29, 1.82) is 0 Å². The van der Waals surface area contributed by atoms with Crippen LogP contribution in [-0.2, 0) is 9.59 Å². The quantitative estimate of drug-likeness (QED) is 0.801. The molecule has 2 rings (SSSR count). The highest BCUT2D eigenvalue weighted by Crippen LogP contribution is 2.19. The monoisotopic (exact) mass is 248 g/mol. The van der Waals surface area contributed by atoms with Crippen molar-refractivity contribution >= 4 is 11.8 Å². The molecule has 0 aliphatic carbocycles. The number of hydrogen-bond acceptors (Lipinski definition) is 4. The molecule has 5 heteroatoms. The molecule has 1 aromatic carbocycles. The van der Waals surface area contributed by atoms with E-state index in [0.29, 0.717) is 12.8 Å². The number of nitrogens with zero attached hydrogens (tertiary/aromatic N) is 1. The third kappa shape index (κ3) is 2.51. The van der Waals surface area contributed by atoms with Crippen molar-refractivity contribution in [3.05, 3.63) is 29.8 Å². The molecule has 1 saturated heterocycles. The van der Waals surface area contributed by atoms with Gasteiger partial charge in [-0.25, -0.2) is 0 Å². The summed E-state index contributed by atoms with van der Waals surface area (Å²) in [5, 5.41) is 0. The highest BCUT2D eigenvalue weighted by atomic mass is 16.5. The summed E-state index contributed by atoms with van der Waals surface area (Å²) >= 11 is 0. The number of benzene rings is 1. The van der Waals surface area contributed by atoms with Crippen molar-refractivity contribution in [2.24, 2.45) is 5.73 Å². The molecule has 1 aliphatic heterocycles. The number of imide groups is 1. The van der Waals surface area contributed by atoms with Gasteiger partial charge in [0.2, 0.25) is 11.8 Å². The molecule has 0 bridgehead atoms. The van der Waals surface area contributed by atoms with Gasteiger partial charge in [0.15, 0.2) is 0 Å². The number of carbonyl (C=O) groups is 2. The Morgan fingerprint density at radius 1 is 1.22 bits per heavy atom. The molecule has 1 aromatic rings. The maximum absolute atomic E-state index is 11.5. The van der Waals surface area contributed by atoms with Gasteiger partial charge in [0.1, 0.15) is 5.75 Å². The maximum Gasteiger partial charge on any atom is 0.229 e. The number of ether oxygens (including phenoxy) is 1. The Bertz CT molecular complexity index is 440. The Balaban J connectivity index is 2.04. The van der Waals surface area contributed by atoms with E-state index in [1.807, 2.05) is 24.3 Å². The lowest BCUT2D eigenvalue weighted by Crippen LogP contribution is -2.36. The number of hydrogen-bond donors (Lipinski definition) is 1. The Hall–Kier alpha value is -1.88. The zero-order valence-corrected chi connectivity index (χ0v) is 10.3.